The van der Waals surface area contributed by atoms with Crippen LogP contribution in [-0.4, -0.2) is 46.4 Å². The molecular formula is C32H38N7NaO2. The summed E-state index contributed by atoms with van der Waals surface area (Å²) in [5.41, 5.74) is 5.38. The summed E-state index contributed by atoms with van der Waals surface area (Å²) in [7, 11) is 0. The Labute approximate surface area is 269 Å². The van der Waals surface area contributed by atoms with Gasteiger partial charge in [0.05, 0.1) is 23.3 Å². The monoisotopic (exact) mass is 575 g/mol. The molecule has 0 unspecified atom stereocenters. The second-order valence-electron chi connectivity index (χ2n) is 11.9. The molecule has 2 aromatic carbocycles. The first-order valence-electron chi connectivity index (χ1n) is 14.2. The number of aryl methyl sites for hydroxylation is 2. The van der Waals surface area contributed by atoms with Crippen molar-refractivity contribution < 1.29 is 34.8 Å². The Balaban J connectivity index is 0.00000405. The second kappa shape index (κ2) is 12.7. The van der Waals surface area contributed by atoms with Crippen molar-refractivity contribution in [2.45, 2.75) is 84.8 Å². The Morgan fingerprint density at radius 3 is 2.29 bits per heavy atom. The van der Waals surface area contributed by atoms with Gasteiger partial charge in [-0.15, -0.1) is 0 Å². The van der Waals surface area contributed by atoms with Crippen molar-refractivity contribution in [2.75, 3.05) is 0 Å². The van der Waals surface area contributed by atoms with Crippen LogP contribution in [0.4, 0.5) is 0 Å². The summed E-state index contributed by atoms with van der Waals surface area (Å²) in [6, 6.07) is 16.2. The molecule has 1 aliphatic rings. The van der Waals surface area contributed by atoms with E-state index in [0.717, 1.165) is 58.3 Å². The first kappa shape index (κ1) is 32.0. The Kier molecular flexibility index (Phi) is 9.69. The molecule has 9 nitrogen and oxygen atoms in total. The number of tetrazole rings is 1. The number of hydroxylamine groups is 2. The molecule has 4 aromatic rings. The van der Waals surface area contributed by atoms with E-state index in [-0.39, 0.29) is 35.1 Å². The summed E-state index contributed by atoms with van der Waals surface area (Å²) in [5, 5.41) is 27.5. The van der Waals surface area contributed by atoms with Crippen LogP contribution >= 0.6 is 0 Å². The minimum absolute atomic E-state index is 0. The van der Waals surface area contributed by atoms with Crippen LogP contribution in [0.15, 0.2) is 65.0 Å². The molecule has 3 heterocycles. The second-order valence-corrected chi connectivity index (χ2v) is 11.9. The Morgan fingerprint density at radius 2 is 1.69 bits per heavy atom. The zero-order valence-electron chi connectivity index (χ0n) is 25.7. The van der Waals surface area contributed by atoms with Crippen LogP contribution in [0.5, 0.6) is 0 Å². The van der Waals surface area contributed by atoms with Crippen molar-refractivity contribution in [3.05, 3.63) is 93.2 Å². The molecular weight excluding hydrogens is 537 g/mol. The Bertz CT molecular complexity index is 1620. The van der Waals surface area contributed by atoms with Gasteiger partial charge in [0.25, 0.3) is 5.56 Å². The minimum atomic E-state index is -0.595. The molecule has 0 radical (unpaired) electrons. The topological polar surface area (TPSA) is 111 Å². The molecule has 0 spiro atoms. The molecule has 42 heavy (non-hydrogen) atoms. The summed E-state index contributed by atoms with van der Waals surface area (Å²) in [6.07, 6.45) is 5.32. The fourth-order valence-electron chi connectivity index (χ4n) is 5.79. The molecule has 0 aliphatic carbocycles. The van der Waals surface area contributed by atoms with E-state index in [1.54, 1.807) is 4.57 Å². The molecule has 0 amide bonds. The van der Waals surface area contributed by atoms with Crippen molar-refractivity contribution in [1.29, 1.82) is 0 Å². The van der Waals surface area contributed by atoms with Crippen LogP contribution in [0.3, 0.4) is 0 Å². The molecule has 1 aliphatic heterocycles. The van der Waals surface area contributed by atoms with Crippen LogP contribution in [0.2, 0.25) is 0 Å². The minimum Gasteiger partial charge on any atom is -0.330 e. The summed E-state index contributed by atoms with van der Waals surface area (Å²) in [5.74, 6) is 1.19. The third-order valence-corrected chi connectivity index (χ3v) is 8.16. The van der Waals surface area contributed by atoms with E-state index in [0.29, 0.717) is 24.6 Å². The fourth-order valence-corrected chi connectivity index (χ4v) is 5.79. The smallest absolute Gasteiger partial charge is 0.330 e. The van der Waals surface area contributed by atoms with Gasteiger partial charge in [0, 0.05) is 17.8 Å². The number of benzene rings is 2. The predicted molar refractivity (Wildman–Crippen MR) is 159 cm³/mol. The zero-order chi connectivity index (χ0) is 29.4. The van der Waals surface area contributed by atoms with Crippen LogP contribution in [0.1, 0.15) is 70.1 Å². The maximum Gasteiger partial charge on any atom is 1.00 e. The number of unbranched alkanes of at least 4 members (excludes halogenated alkanes) is 1. The van der Waals surface area contributed by atoms with Crippen LogP contribution < -0.4 is 40.2 Å². The van der Waals surface area contributed by atoms with Gasteiger partial charge in [-0.1, -0.05) is 68.0 Å². The van der Waals surface area contributed by atoms with E-state index < -0.39 is 11.1 Å². The predicted octanol–water partition coefficient (Wildman–Crippen LogP) is 2.15. The van der Waals surface area contributed by atoms with Gasteiger partial charge in [-0.05, 0) is 75.3 Å². The fraction of sp³-hybridized carbons (Fsp3) is 0.406. The molecule has 214 valence electrons. The number of hydrogen-bond acceptors (Lipinski definition) is 7. The Morgan fingerprint density at radius 1 is 1.00 bits per heavy atom. The summed E-state index contributed by atoms with van der Waals surface area (Å²) in [6.45, 7) is 12.3. The molecule has 0 saturated carbocycles. The van der Waals surface area contributed by atoms with Crippen LogP contribution in [0, 0.1) is 6.92 Å². The molecule has 0 atom stereocenters. The van der Waals surface area contributed by atoms with Gasteiger partial charge in [0.15, 0.2) is 0 Å². The Hall–Kier alpha value is -2.95. The van der Waals surface area contributed by atoms with E-state index in [1.807, 2.05) is 58.9 Å². The van der Waals surface area contributed by atoms with Gasteiger partial charge >= 0.3 is 29.6 Å². The first-order valence-corrected chi connectivity index (χ1v) is 14.2. The largest absolute Gasteiger partial charge is 1.00 e. The van der Waals surface area contributed by atoms with Gasteiger partial charge in [0.2, 0.25) is 0 Å². The first-order chi connectivity index (χ1) is 19.5. The molecule has 0 fully saturated rings. The molecule has 5 rings (SSSR count). The van der Waals surface area contributed by atoms with E-state index in [9.17, 15) is 10.0 Å². The average Bonchev–Trinajstić information content (AvgIpc) is 3.54. The average molecular weight is 576 g/mol. The van der Waals surface area contributed by atoms with Crippen molar-refractivity contribution in [2.24, 2.45) is 0 Å². The van der Waals surface area contributed by atoms with Gasteiger partial charge in [0.1, 0.15) is 5.82 Å². The van der Waals surface area contributed by atoms with E-state index in [1.165, 1.54) is 5.06 Å². The molecule has 10 heteroatoms. The normalized spacial score (nSPS) is 15.8. The van der Waals surface area contributed by atoms with Crippen LogP contribution in [0.25, 0.3) is 22.5 Å². The third kappa shape index (κ3) is 6.21. The van der Waals surface area contributed by atoms with Crippen LogP contribution in [-0.2, 0) is 19.4 Å². The maximum atomic E-state index is 14.1. The zero-order valence-corrected chi connectivity index (χ0v) is 27.7. The molecule has 1 N–H and O–H groups in total. The molecule has 0 bridgehead atoms. The standard InChI is InChI=1S/C32H38N7O2.Na/c1-7-8-13-28-27(30(40)38(21(2)33-28)20-24-19-31(3,4)39(41)32(24,5)6)18-22-14-16-23(17-15-22)25-11-9-10-12-26(25)29-34-36-37-35-29;/h9-12,14-17,19,41H,7-8,13,18,20H2,1-6H3;/q-1;+1. The number of aromatic nitrogens is 6. The van der Waals surface area contributed by atoms with E-state index >= 15 is 0 Å². The van der Waals surface area contributed by atoms with E-state index in [2.05, 4.69) is 57.9 Å². The SMILES string of the molecule is CCCCc1nc(C)n(CC2=CC(C)(C)N(O)C2(C)C)c(=O)c1Cc1ccc(-c2ccccc2-c2nnn[n-]2)cc1.[Na+]. The van der Waals surface area contributed by atoms with Gasteiger partial charge in [-0.2, -0.15) is 10.3 Å². The maximum absolute atomic E-state index is 14.1. The molecule has 2 aromatic heterocycles. The number of rotatable bonds is 9. The third-order valence-electron chi connectivity index (χ3n) is 8.16. The van der Waals surface area contributed by atoms with Crippen molar-refractivity contribution in [3.8, 4) is 22.5 Å². The van der Waals surface area contributed by atoms with Crippen molar-refractivity contribution in [1.82, 2.24) is 35.2 Å². The van der Waals surface area contributed by atoms with Crippen molar-refractivity contribution in [3.63, 3.8) is 0 Å². The summed E-state index contributed by atoms with van der Waals surface area (Å²) in [4.78, 5) is 19.0. The number of nitrogens with zero attached hydrogens (tertiary/aromatic N) is 7. The summed E-state index contributed by atoms with van der Waals surface area (Å²) >= 11 is 0. The van der Waals surface area contributed by atoms with E-state index in [4.69, 9.17) is 4.98 Å². The van der Waals surface area contributed by atoms with Gasteiger partial charge < -0.3 is 10.3 Å². The summed E-state index contributed by atoms with van der Waals surface area (Å²) < 4.78 is 1.76. The van der Waals surface area contributed by atoms with Crippen molar-refractivity contribution >= 4 is 0 Å². The number of hydrogen-bond donors (Lipinski definition) is 1. The van der Waals surface area contributed by atoms with Gasteiger partial charge in [-0.3, -0.25) is 19.7 Å². The van der Waals surface area contributed by atoms with Gasteiger partial charge in [-0.25, -0.2) is 4.98 Å². The quantitative estimate of drug-likeness (QED) is 0.239. The molecule has 0 saturated heterocycles.